The highest BCUT2D eigenvalue weighted by atomic mass is 32.2. The van der Waals surface area contributed by atoms with E-state index in [2.05, 4.69) is 44.0 Å². The van der Waals surface area contributed by atoms with E-state index in [-0.39, 0.29) is 28.2 Å². The predicted octanol–water partition coefficient (Wildman–Crippen LogP) is 5.52. The van der Waals surface area contributed by atoms with Crippen molar-refractivity contribution in [3.8, 4) is 0 Å². The zero-order valence-corrected chi connectivity index (χ0v) is 24.8. The van der Waals surface area contributed by atoms with Crippen LogP contribution in [0.3, 0.4) is 0 Å². The average Bonchev–Trinajstić information content (AvgIpc) is 2.79. The molecule has 0 heterocycles. The Balaban J connectivity index is 2.24. The van der Waals surface area contributed by atoms with Crippen molar-refractivity contribution in [1.82, 2.24) is 5.32 Å². The normalized spacial score (nSPS) is 13.9. The first-order chi connectivity index (χ1) is 17.0. The van der Waals surface area contributed by atoms with Crippen molar-refractivity contribution in [2.75, 3.05) is 12.8 Å². The van der Waals surface area contributed by atoms with Gasteiger partial charge in [0.2, 0.25) is 5.91 Å². The molecule has 7 nitrogen and oxygen atoms in total. The van der Waals surface area contributed by atoms with E-state index >= 15 is 0 Å². The van der Waals surface area contributed by atoms with Crippen molar-refractivity contribution in [3.05, 3.63) is 70.6 Å². The minimum Gasteiger partial charge on any atom is -0.413 e. The molecule has 0 spiro atoms. The Morgan fingerprint density at radius 3 is 2.19 bits per heavy atom. The van der Waals surface area contributed by atoms with Crippen LogP contribution in [0.5, 0.6) is 0 Å². The van der Waals surface area contributed by atoms with Crippen molar-refractivity contribution >= 4 is 35.5 Å². The van der Waals surface area contributed by atoms with Gasteiger partial charge in [0, 0.05) is 11.8 Å². The lowest BCUT2D eigenvalue weighted by molar-refractivity contribution is -0.127. The smallest absolute Gasteiger partial charge is 0.226 e. The van der Waals surface area contributed by atoms with Crippen LogP contribution in [0.2, 0.25) is 18.1 Å². The summed E-state index contributed by atoms with van der Waals surface area (Å²) in [4.78, 5) is 29.8. The lowest BCUT2D eigenvalue weighted by Gasteiger charge is -2.40. The fraction of sp³-hybridized carbons (Fsp3) is 0.464. The molecule has 0 saturated carbocycles. The van der Waals surface area contributed by atoms with Gasteiger partial charge >= 0.3 is 0 Å². The molecule has 0 unspecified atom stereocenters. The first-order valence-electron chi connectivity index (χ1n) is 12.2. The molecule has 2 aromatic rings. The van der Waals surface area contributed by atoms with Gasteiger partial charge in [-0.25, -0.2) is 13.3 Å². The Labute approximate surface area is 222 Å². The number of ketones is 1. The summed E-state index contributed by atoms with van der Waals surface area (Å²) in [6.45, 7) is 21.5. The van der Waals surface area contributed by atoms with Crippen molar-refractivity contribution in [2.24, 2.45) is 5.92 Å². The fourth-order valence-electron chi connectivity index (χ4n) is 3.71. The summed E-state index contributed by atoms with van der Waals surface area (Å²) in [5.41, 5.74) is 2.65. The monoisotopic (exact) mass is 542 g/mol. The van der Waals surface area contributed by atoms with Gasteiger partial charge < -0.3 is 9.74 Å². The summed E-state index contributed by atoms with van der Waals surface area (Å²) >= 11 is 0. The molecule has 0 saturated heterocycles. The number of hydrogen-bond donors (Lipinski definition) is 1. The van der Waals surface area contributed by atoms with Gasteiger partial charge in [-0.15, -0.1) is 0 Å². The maximum atomic E-state index is 13.4. The number of carbonyl (C=O) groups excluding carboxylic acids is 2. The van der Waals surface area contributed by atoms with Gasteiger partial charge in [0.05, 0.1) is 30.0 Å². The third kappa shape index (κ3) is 8.09. The Bertz CT molecular complexity index is 1290. The minimum atomic E-state index is -3.36. The summed E-state index contributed by atoms with van der Waals surface area (Å²) in [5, 5.41) is 2.73. The summed E-state index contributed by atoms with van der Waals surface area (Å²) in [7, 11) is -5.54. The first kappa shape index (κ1) is 30.4. The highest BCUT2D eigenvalue weighted by Crippen LogP contribution is 2.38. The molecule has 9 heteroatoms. The summed E-state index contributed by atoms with van der Waals surface area (Å²) < 4.78 is 29.9. The number of hydrogen-bond acceptors (Lipinski definition) is 5. The lowest BCUT2D eigenvalue weighted by atomic mass is 9.92. The molecular weight excluding hydrogens is 504 g/mol. The van der Waals surface area contributed by atoms with Crippen molar-refractivity contribution in [1.29, 1.82) is 0 Å². The highest BCUT2D eigenvalue weighted by Gasteiger charge is 2.40. The number of nitrogens with zero attached hydrogens (tertiary/aromatic N) is 1. The minimum absolute atomic E-state index is 0.0375. The number of Topliss-reactive ketones (excluding diaryl/α,β-unsaturated/α-hetero) is 1. The lowest BCUT2D eigenvalue weighted by Crippen LogP contribution is -2.48. The molecule has 1 N–H and O–H groups in total. The van der Waals surface area contributed by atoms with Gasteiger partial charge in [-0.05, 0) is 61.7 Å². The molecule has 0 aromatic heterocycles. The van der Waals surface area contributed by atoms with Gasteiger partial charge in [-0.2, -0.15) is 0 Å². The number of sulfone groups is 1. The molecule has 37 heavy (non-hydrogen) atoms. The maximum Gasteiger partial charge on any atom is 0.226 e. The molecule has 0 aliphatic rings. The van der Waals surface area contributed by atoms with E-state index in [0.717, 1.165) is 17.4 Å². The van der Waals surface area contributed by atoms with E-state index in [1.807, 2.05) is 26.0 Å². The highest BCUT2D eigenvalue weighted by molar-refractivity contribution is 7.90. The molecule has 0 bridgehead atoms. The van der Waals surface area contributed by atoms with E-state index in [1.165, 1.54) is 24.3 Å². The van der Waals surface area contributed by atoms with Crippen LogP contribution in [0.4, 0.5) is 5.69 Å². The topological polar surface area (TPSA) is 93.9 Å². The van der Waals surface area contributed by atoms with Crippen LogP contribution in [-0.4, -0.2) is 47.3 Å². The molecule has 0 aliphatic heterocycles. The second-order valence-electron chi connectivity index (χ2n) is 11.1. The van der Waals surface area contributed by atoms with Crippen LogP contribution < -0.4 is 5.32 Å². The standard InChI is InChI=1S/C28H38N2O5SSi/c1-19-16-21(10-15-25(19)29-6)17-24(20(2)35-37(8,9)28(3,4)5)27(32)30-18-26(31)22-11-13-23(14-12-22)36(7,33)34/h10-16,20,24H,17-18H2,1-5,7-9H3,(H,30,32)/t20-,24-/m1/s1. The number of rotatable bonds is 10. The zero-order chi connectivity index (χ0) is 28.2. The van der Waals surface area contributed by atoms with Gasteiger partial charge in [0.1, 0.15) is 0 Å². The maximum absolute atomic E-state index is 13.4. The van der Waals surface area contributed by atoms with Crippen molar-refractivity contribution in [3.63, 3.8) is 0 Å². The van der Waals surface area contributed by atoms with Crippen LogP contribution >= 0.6 is 0 Å². The Kier molecular flexibility index (Phi) is 9.63. The second kappa shape index (κ2) is 11.7. The van der Waals surface area contributed by atoms with E-state index < -0.39 is 30.2 Å². The van der Waals surface area contributed by atoms with Crippen LogP contribution in [0, 0.1) is 19.4 Å². The van der Waals surface area contributed by atoms with Gasteiger partial charge in [-0.3, -0.25) is 9.59 Å². The third-order valence-electron chi connectivity index (χ3n) is 7.06. The van der Waals surface area contributed by atoms with E-state index in [1.54, 1.807) is 6.07 Å². The number of carbonyl (C=O) groups is 2. The predicted molar refractivity (Wildman–Crippen MR) is 149 cm³/mol. The summed E-state index contributed by atoms with van der Waals surface area (Å²) in [6.07, 6.45) is 1.11. The molecule has 0 fully saturated rings. The quantitative estimate of drug-likeness (QED) is 0.242. The molecule has 0 aliphatic carbocycles. The second-order valence-corrected chi connectivity index (χ2v) is 17.8. The van der Waals surface area contributed by atoms with Gasteiger partial charge in [0.15, 0.2) is 29.6 Å². The third-order valence-corrected chi connectivity index (χ3v) is 12.8. The summed E-state index contributed by atoms with van der Waals surface area (Å²) in [5.74, 6) is -1.16. The van der Waals surface area contributed by atoms with Crippen LogP contribution in [-0.2, 0) is 25.5 Å². The van der Waals surface area contributed by atoms with Crippen molar-refractivity contribution < 1.29 is 22.4 Å². The molecule has 2 atom stereocenters. The Hall–Kier alpha value is -2.80. The number of aryl methyl sites for hydroxylation is 1. The van der Waals surface area contributed by atoms with E-state index in [9.17, 15) is 18.0 Å². The van der Waals surface area contributed by atoms with E-state index in [4.69, 9.17) is 11.0 Å². The number of benzene rings is 2. The number of amides is 1. The fourth-order valence-corrected chi connectivity index (χ4v) is 5.79. The van der Waals surface area contributed by atoms with Crippen molar-refractivity contribution in [2.45, 2.75) is 70.2 Å². The molecule has 200 valence electrons. The SMILES string of the molecule is [C-]#[N+]c1ccc(C[C@@H](C(=O)NCC(=O)c2ccc(S(C)(=O)=O)cc2)[C@@H](C)O[Si](C)(C)C(C)(C)C)cc1C. The number of nitrogens with one attached hydrogen (secondary N) is 1. The molecule has 1 amide bonds. The molecule has 0 radical (unpaired) electrons. The van der Waals surface area contributed by atoms with Crippen LogP contribution in [0.25, 0.3) is 4.85 Å². The first-order valence-corrected chi connectivity index (χ1v) is 17.0. The Morgan fingerprint density at radius 1 is 1.11 bits per heavy atom. The van der Waals surface area contributed by atoms with Crippen LogP contribution in [0.15, 0.2) is 47.4 Å². The average molecular weight is 543 g/mol. The molecular formula is C28H38N2O5SSi. The van der Waals surface area contributed by atoms with Gasteiger partial charge in [-0.1, -0.05) is 51.1 Å². The largest absolute Gasteiger partial charge is 0.413 e. The molecule has 2 aromatic carbocycles. The zero-order valence-electron chi connectivity index (χ0n) is 23.0. The molecule has 2 rings (SSSR count). The Morgan fingerprint density at radius 2 is 1.70 bits per heavy atom. The summed E-state index contributed by atoms with van der Waals surface area (Å²) in [6, 6.07) is 11.2. The van der Waals surface area contributed by atoms with Crippen LogP contribution in [0.1, 0.15) is 49.2 Å². The van der Waals surface area contributed by atoms with E-state index in [0.29, 0.717) is 17.7 Å². The van der Waals surface area contributed by atoms with Gasteiger partial charge in [0.25, 0.3) is 0 Å².